The molecule has 0 aliphatic heterocycles. The Balaban J connectivity index is -0.000000320. The Morgan fingerprint density at radius 3 is 1.44 bits per heavy atom. The average molecular weight is 314 g/mol. The van der Waals surface area contributed by atoms with Crippen LogP contribution in [-0.4, -0.2) is 32.2 Å². The molecule has 18 heavy (non-hydrogen) atoms. The molecule has 1 aromatic rings. The van der Waals surface area contributed by atoms with Crippen LogP contribution in [0.1, 0.15) is 13.2 Å². The van der Waals surface area contributed by atoms with Crippen LogP contribution in [0.4, 0.5) is 0 Å². The van der Waals surface area contributed by atoms with Crippen molar-refractivity contribution in [2.75, 3.05) is 0 Å². The normalized spacial score (nSPS) is 11.0. The third-order valence-corrected chi connectivity index (χ3v) is 3.30. The van der Waals surface area contributed by atoms with Crippen molar-refractivity contribution < 1.29 is 92.7 Å². The van der Waals surface area contributed by atoms with Crippen molar-refractivity contribution in [2.45, 2.75) is 9.79 Å². The zero-order chi connectivity index (χ0) is 12.6. The minimum absolute atomic E-state index is 0. The maximum absolute atomic E-state index is 10.7. The summed E-state index contributed by atoms with van der Waals surface area (Å²) in [5.74, 6) is 0. The first-order valence-electron chi connectivity index (χ1n) is 3.70. The molecular weight excluding hydrogens is 306 g/mol. The van der Waals surface area contributed by atoms with Crippen LogP contribution in [0, 0.1) is 0 Å². The van der Waals surface area contributed by atoms with E-state index in [4.69, 9.17) is 9.11 Å². The van der Waals surface area contributed by atoms with E-state index in [1.165, 1.54) is 0 Å². The Morgan fingerprint density at radius 2 is 1.22 bits per heavy atom. The predicted octanol–water partition coefficient (Wildman–Crippen LogP) is -5.77. The van der Waals surface area contributed by atoms with Gasteiger partial charge in [0.2, 0.25) is 0 Å². The smallest absolute Gasteiger partial charge is 1.00 e. The molecule has 1 rings (SSSR count). The molecular formula is C7H8Na2O7S2. The van der Waals surface area contributed by atoms with Gasteiger partial charge in [0.15, 0.2) is 0 Å². The van der Waals surface area contributed by atoms with E-state index >= 15 is 0 Å². The van der Waals surface area contributed by atoms with E-state index in [1.807, 2.05) is 0 Å². The van der Waals surface area contributed by atoms with Crippen LogP contribution in [0.2, 0.25) is 0 Å². The number of hydrogen-bond acceptors (Lipinski definition) is 5. The topological polar surface area (TPSA) is 126 Å². The summed E-state index contributed by atoms with van der Waals surface area (Å²) >= 11 is 0. The standard InChI is InChI=1S/C7H6O7S2.2Na.2H/c8-4-5-1-6(15(9,10)11)3-7(2-5)16(12,13)14;;;;/h1-4H,(H,9,10,11)(H,12,13,14);;;;/q;2*+1;2*-1. The summed E-state index contributed by atoms with van der Waals surface area (Å²) < 4.78 is 60.3. The van der Waals surface area contributed by atoms with Gasteiger partial charge in [-0.1, -0.05) is 0 Å². The maximum atomic E-state index is 10.7. The van der Waals surface area contributed by atoms with E-state index in [2.05, 4.69) is 0 Å². The van der Waals surface area contributed by atoms with Gasteiger partial charge in [-0.25, -0.2) is 0 Å². The van der Waals surface area contributed by atoms with Gasteiger partial charge in [-0.15, -0.1) is 0 Å². The van der Waals surface area contributed by atoms with Crippen LogP contribution < -0.4 is 59.1 Å². The van der Waals surface area contributed by atoms with Gasteiger partial charge in [-0.2, -0.15) is 16.8 Å². The first-order chi connectivity index (χ1) is 7.14. The monoisotopic (exact) mass is 314 g/mol. The summed E-state index contributed by atoms with van der Waals surface area (Å²) in [5.41, 5.74) is -0.303. The minimum atomic E-state index is -4.65. The van der Waals surface area contributed by atoms with Crippen LogP contribution in [0.25, 0.3) is 0 Å². The fraction of sp³-hybridized carbons (Fsp3) is 0. The number of hydrogen-bond donors (Lipinski definition) is 2. The van der Waals surface area contributed by atoms with E-state index in [9.17, 15) is 21.6 Å². The third-order valence-electron chi connectivity index (χ3n) is 1.63. The number of rotatable bonds is 3. The van der Waals surface area contributed by atoms with E-state index in [0.717, 1.165) is 12.1 Å². The second kappa shape index (κ2) is 7.48. The zero-order valence-electron chi connectivity index (χ0n) is 11.6. The molecule has 0 unspecified atom stereocenters. The Morgan fingerprint density at radius 1 is 0.889 bits per heavy atom. The molecule has 0 bridgehead atoms. The van der Waals surface area contributed by atoms with Gasteiger partial charge in [0, 0.05) is 5.56 Å². The molecule has 92 valence electrons. The Kier molecular flexibility index (Phi) is 8.73. The van der Waals surface area contributed by atoms with Crippen LogP contribution in [0.15, 0.2) is 28.0 Å². The van der Waals surface area contributed by atoms with Crippen LogP contribution >= 0.6 is 0 Å². The fourth-order valence-corrected chi connectivity index (χ4v) is 2.16. The predicted molar refractivity (Wildman–Crippen MR) is 53.7 cm³/mol. The molecule has 7 nitrogen and oxygen atoms in total. The average Bonchev–Trinajstić information content (AvgIpc) is 2.14. The molecule has 0 amide bonds. The van der Waals surface area contributed by atoms with Crippen molar-refractivity contribution in [3.05, 3.63) is 23.8 Å². The molecule has 0 aromatic heterocycles. The SMILES string of the molecule is O=Cc1cc(S(=O)(=O)O)cc(S(=O)(=O)O)c1.[H-].[H-].[Na+].[Na+]. The number of carbonyl (C=O) groups excluding carboxylic acids is 1. The first-order valence-corrected chi connectivity index (χ1v) is 6.58. The van der Waals surface area contributed by atoms with Crippen LogP contribution in [0.3, 0.4) is 0 Å². The second-order valence-electron chi connectivity index (χ2n) is 2.81. The summed E-state index contributed by atoms with van der Waals surface area (Å²) in [7, 11) is -9.31. The third kappa shape index (κ3) is 5.78. The Bertz CT molecular complexity index is 595. The van der Waals surface area contributed by atoms with E-state index in [-0.39, 0.29) is 73.8 Å². The quantitative estimate of drug-likeness (QED) is 0.323. The summed E-state index contributed by atoms with van der Waals surface area (Å²) in [6, 6.07) is 2.09. The van der Waals surface area contributed by atoms with Crippen molar-refractivity contribution in [3.63, 3.8) is 0 Å². The molecule has 0 aliphatic carbocycles. The van der Waals surface area contributed by atoms with Crippen LogP contribution in [-0.2, 0) is 20.2 Å². The molecule has 0 radical (unpaired) electrons. The molecule has 1 aromatic carbocycles. The number of carbonyl (C=O) groups is 1. The zero-order valence-corrected chi connectivity index (χ0v) is 15.2. The second-order valence-corrected chi connectivity index (χ2v) is 5.65. The van der Waals surface area contributed by atoms with E-state index in [1.54, 1.807) is 0 Å². The van der Waals surface area contributed by atoms with Gasteiger partial charge in [0.05, 0.1) is 9.79 Å². The van der Waals surface area contributed by atoms with Crippen molar-refractivity contribution in [1.82, 2.24) is 0 Å². The molecule has 0 atom stereocenters. The van der Waals surface area contributed by atoms with E-state index in [0.29, 0.717) is 6.07 Å². The Labute approximate surface area is 151 Å². The van der Waals surface area contributed by atoms with Gasteiger partial charge in [0.25, 0.3) is 20.2 Å². The molecule has 0 saturated heterocycles. The minimum Gasteiger partial charge on any atom is -1.00 e. The molecule has 0 saturated carbocycles. The van der Waals surface area contributed by atoms with Gasteiger partial charge >= 0.3 is 59.1 Å². The van der Waals surface area contributed by atoms with Gasteiger partial charge in [0.1, 0.15) is 6.29 Å². The summed E-state index contributed by atoms with van der Waals surface area (Å²) in [4.78, 5) is 8.84. The Hall–Kier alpha value is 0.710. The van der Waals surface area contributed by atoms with Crippen molar-refractivity contribution in [2.24, 2.45) is 0 Å². The van der Waals surface area contributed by atoms with Gasteiger partial charge < -0.3 is 2.85 Å². The number of aldehydes is 1. The largest absolute Gasteiger partial charge is 1.00 e. The first kappa shape index (κ1) is 21.0. The van der Waals surface area contributed by atoms with Gasteiger partial charge in [-0.3, -0.25) is 13.9 Å². The molecule has 0 heterocycles. The molecule has 0 fully saturated rings. The molecule has 2 N–H and O–H groups in total. The van der Waals surface area contributed by atoms with Crippen molar-refractivity contribution in [1.29, 1.82) is 0 Å². The summed E-state index contributed by atoms with van der Waals surface area (Å²) in [5, 5.41) is 0. The molecule has 11 heteroatoms. The van der Waals surface area contributed by atoms with Crippen LogP contribution in [0.5, 0.6) is 0 Å². The number of benzene rings is 1. The molecule has 0 spiro atoms. The van der Waals surface area contributed by atoms with E-state index < -0.39 is 30.0 Å². The van der Waals surface area contributed by atoms with Crippen molar-refractivity contribution >= 4 is 26.5 Å². The summed E-state index contributed by atoms with van der Waals surface area (Å²) in [6.45, 7) is 0. The van der Waals surface area contributed by atoms with Crippen molar-refractivity contribution in [3.8, 4) is 0 Å². The summed E-state index contributed by atoms with van der Waals surface area (Å²) in [6.07, 6.45) is 0.184. The molecule has 0 aliphatic rings. The van der Waals surface area contributed by atoms with Gasteiger partial charge in [-0.05, 0) is 18.2 Å². The maximum Gasteiger partial charge on any atom is 1.00 e. The fourth-order valence-electron chi connectivity index (χ4n) is 0.960.